The fourth-order valence-corrected chi connectivity index (χ4v) is 2.08. The summed E-state index contributed by atoms with van der Waals surface area (Å²) >= 11 is 6.05. The summed E-state index contributed by atoms with van der Waals surface area (Å²) < 4.78 is 1.46. The number of fused-ring (bicyclic) bond motifs is 1. The molecular weight excluding hydrogens is 226 g/mol. The van der Waals surface area contributed by atoms with Crippen molar-refractivity contribution in [2.24, 2.45) is 7.05 Å². The minimum absolute atomic E-state index is 0.127. The van der Waals surface area contributed by atoms with Crippen molar-refractivity contribution in [3.63, 3.8) is 0 Å². The molecule has 0 amide bonds. The van der Waals surface area contributed by atoms with Crippen LogP contribution in [0.1, 0.15) is 15.9 Å². The van der Waals surface area contributed by atoms with Gasteiger partial charge >= 0.3 is 0 Å². The number of aldehydes is 1. The Hall–Kier alpha value is -1.61. The molecule has 0 saturated carbocycles. The normalized spacial score (nSPS) is 10.7. The molecule has 0 saturated heterocycles. The summed E-state index contributed by atoms with van der Waals surface area (Å²) in [6, 6.07) is 5.16. The summed E-state index contributed by atoms with van der Waals surface area (Å²) in [5.74, 6) is 0. The molecule has 82 valence electrons. The SMILES string of the molecule is Cc1ccc(Cl)c2cc(C=O)c(=O)n(C)c12. The van der Waals surface area contributed by atoms with Crippen LogP contribution in [0.5, 0.6) is 0 Å². The molecule has 0 fully saturated rings. The number of pyridine rings is 1. The van der Waals surface area contributed by atoms with Crippen molar-refractivity contribution in [3.05, 3.63) is 44.7 Å². The van der Waals surface area contributed by atoms with E-state index < -0.39 is 0 Å². The predicted octanol–water partition coefficient (Wildman–Crippen LogP) is 2.31. The van der Waals surface area contributed by atoms with Gasteiger partial charge in [-0.1, -0.05) is 17.7 Å². The minimum Gasteiger partial charge on any atom is -0.310 e. The molecule has 0 radical (unpaired) electrons. The summed E-state index contributed by atoms with van der Waals surface area (Å²) in [6.07, 6.45) is 0.556. The monoisotopic (exact) mass is 235 g/mol. The maximum Gasteiger partial charge on any atom is 0.261 e. The Labute approximate surface area is 97.3 Å². The summed E-state index contributed by atoms with van der Waals surface area (Å²) in [5, 5.41) is 1.27. The van der Waals surface area contributed by atoms with Crippen LogP contribution in [-0.4, -0.2) is 10.9 Å². The number of aryl methyl sites for hydroxylation is 2. The van der Waals surface area contributed by atoms with Gasteiger partial charge in [0.05, 0.1) is 11.1 Å². The third-order valence-electron chi connectivity index (χ3n) is 2.68. The zero-order valence-corrected chi connectivity index (χ0v) is 9.71. The molecule has 0 bridgehead atoms. The van der Waals surface area contributed by atoms with Crippen LogP contribution in [-0.2, 0) is 7.05 Å². The highest BCUT2D eigenvalue weighted by Gasteiger charge is 2.10. The van der Waals surface area contributed by atoms with Crippen LogP contribution in [0.25, 0.3) is 10.9 Å². The van der Waals surface area contributed by atoms with Crippen LogP contribution in [0.4, 0.5) is 0 Å². The van der Waals surface area contributed by atoms with E-state index in [4.69, 9.17) is 11.6 Å². The Morgan fingerprint density at radius 2 is 2.06 bits per heavy atom. The van der Waals surface area contributed by atoms with Gasteiger partial charge in [0.2, 0.25) is 0 Å². The standard InChI is InChI=1S/C12H10ClNO2/c1-7-3-4-10(13)9-5-8(6-15)12(16)14(2)11(7)9/h3-6H,1-2H3. The highest BCUT2D eigenvalue weighted by Crippen LogP contribution is 2.25. The lowest BCUT2D eigenvalue weighted by Crippen LogP contribution is -2.21. The Bertz CT molecular complexity index is 643. The van der Waals surface area contributed by atoms with Gasteiger partial charge in [-0.25, -0.2) is 0 Å². The zero-order valence-electron chi connectivity index (χ0n) is 8.95. The number of carbonyl (C=O) groups is 1. The molecule has 1 heterocycles. The minimum atomic E-state index is -0.298. The lowest BCUT2D eigenvalue weighted by atomic mass is 10.1. The van der Waals surface area contributed by atoms with Crippen molar-refractivity contribution in [3.8, 4) is 0 Å². The average Bonchev–Trinajstić information content (AvgIpc) is 2.27. The maximum absolute atomic E-state index is 11.8. The third-order valence-corrected chi connectivity index (χ3v) is 3.01. The van der Waals surface area contributed by atoms with E-state index in [1.807, 2.05) is 13.0 Å². The summed E-state index contributed by atoms with van der Waals surface area (Å²) in [5.41, 5.74) is 1.55. The number of nitrogens with zero attached hydrogens (tertiary/aromatic N) is 1. The number of benzene rings is 1. The first-order chi connectivity index (χ1) is 7.56. The van der Waals surface area contributed by atoms with E-state index in [-0.39, 0.29) is 11.1 Å². The van der Waals surface area contributed by atoms with Crippen LogP contribution < -0.4 is 5.56 Å². The van der Waals surface area contributed by atoms with Gasteiger partial charge in [-0.2, -0.15) is 0 Å². The molecule has 0 spiro atoms. The first-order valence-corrected chi connectivity index (χ1v) is 5.18. The number of hydrogen-bond acceptors (Lipinski definition) is 2. The molecule has 2 rings (SSSR count). The smallest absolute Gasteiger partial charge is 0.261 e. The van der Waals surface area contributed by atoms with Crippen molar-refractivity contribution in [1.29, 1.82) is 0 Å². The van der Waals surface area contributed by atoms with Crippen molar-refractivity contribution in [2.45, 2.75) is 6.92 Å². The number of aromatic nitrogens is 1. The lowest BCUT2D eigenvalue weighted by molar-refractivity contribution is 0.112. The van der Waals surface area contributed by atoms with Crippen molar-refractivity contribution in [1.82, 2.24) is 4.57 Å². The van der Waals surface area contributed by atoms with Gasteiger partial charge in [0.1, 0.15) is 0 Å². The molecule has 16 heavy (non-hydrogen) atoms. The molecular formula is C12H10ClNO2. The fourth-order valence-electron chi connectivity index (χ4n) is 1.87. The molecule has 0 aliphatic carbocycles. The van der Waals surface area contributed by atoms with Gasteiger partial charge in [0.15, 0.2) is 6.29 Å². The largest absolute Gasteiger partial charge is 0.310 e. The first kappa shape index (κ1) is 10.9. The van der Waals surface area contributed by atoms with E-state index in [0.29, 0.717) is 11.3 Å². The molecule has 2 aromatic rings. The molecule has 0 unspecified atom stereocenters. The summed E-state index contributed by atoms with van der Waals surface area (Å²) in [4.78, 5) is 22.5. The Balaban J connectivity index is 3.09. The second-order valence-electron chi connectivity index (χ2n) is 3.71. The van der Waals surface area contributed by atoms with Gasteiger partial charge in [-0.05, 0) is 24.6 Å². The van der Waals surface area contributed by atoms with E-state index in [2.05, 4.69) is 0 Å². The lowest BCUT2D eigenvalue weighted by Gasteiger charge is -2.09. The molecule has 0 aliphatic heterocycles. The second kappa shape index (κ2) is 3.76. The Morgan fingerprint density at radius 3 is 2.69 bits per heavy atom. The molecule has 0 N–H and O–H groups in total. The van der Waals surface area contributed by atoms with E-state index >= 15 is 0 Å². The summed E-state index contributed by atoms with van der Waals surface area (Å²) in [7, 11) is 1.64. The number of hydrogen-bond donors (Lipinski definition) is 0. The van der Waals surface area contributed by atoms with Crippen molar-refractivity contribution >= 4 is 28.8 Å². The van der Waals surface area contributed by atoms with Crippen molar-refractivity contribution < 1.29 is 4.79 Å². The number of rotatable bonds is 1. The highest BCUT2D eigenvalue weighted by atomic mass is 35.5. The zero-order chi connectivity index (χ0) is 11.9. The fraction of sp³-hybridized carbons (Fsp3) is 0.167. The predicted molar refractivity (Wildman–Crippen MR) is 64.3 cm³/mol. The Kier molecular flexibility index (Phi) is 2.56. The molecule has 0 aliphatic rings. The van der Waals surface area contributed by atoms with Gasteiger partial charge in [0, 0.05) is 17.5 Å². The van der Waals surface area contributed by atoms with Gasteiger partial charge in [-0.15, -0.1) is 0 Å². The van der Waals surface area contributed by atoms with E-state index in [1.54, 1.807) is 19.2 Å². The molecule has 0 atom stereocenters. The third kappa shape index (κ3) is 1.44. The highest BCUT2D eigenvalue weighted by molar-refractivity contribution is 6.35. The first-order valence-electron chi connectivity index (χ1n) is 4.80. The molecule has 4 heteroatoms. The van der Waals surface area contributed by atoms with Crippen LogP contribution in [0.3, 0.4) is 0 Å². The van der Waals surface area contributed by atoms with Gasteiger partial charge in [0.25, 0.3) is 5.56 Å². The van der Waals surface area contributed by atoms with Crippen molar-refractivity contribution in [2.75, 3.05) is 0 Å². The second-order valence-corrected chi connectivity index (χ2v) is 4.12. The van der Waals surface area contributed by atoms with E-state index in [0.717, 1.165) is 16.5 Å². The average molecular weight is 236 g/mol. The number of carbonyl (C=O) groups excluding carboxylic acids is 1. The maximum atomic E-state index is 11.8. The van der Waals surface area contributed by atoms with E-state index in [1.165, 1.54) is 4.57 Å². The number of halogens is 1. The quantitative estimate of drug-likeness (QED) is 0.712. The topological polar surface area (TPSA) is 39.1 Å². The van der Waals surface area contributed by atoms with Crippen LogP contribution in [0.15, 0.2) is 23.0 Å². The Morgan fingerprint density at radius 1 is 1.38 bits per heavy atom. The van der Waals surface area contributed by atoms with Crippen LogP contribution in [0, 0.1) is 6.92 Å². The van der Waals surface area contributed by atoms with Gasteiger partial charge < -0.3 is 4.57 Å². The van der Waals surface area contributed by atoms with Crippen LogP contribution >= 0.6 is 11.6 Å². The molecule has 3 nitrogen and oxygen atoms in total. The van der Waals surface area contributed by atoms with Crippen LogP contribution in [0.2, 0.25) is 5.02 Å². The summed E-state index contributed by atoms with van der Waals surface area (Å²) in [6.45, 7) is 1.90. The van der Waals surface area contributed by atoms with E-state index in [9.17, 15) is 9.59 Å². The van der Waals surface area contributed by atoms with Gasteiger partial charge in [-0.3, -0.25) is 9.59 Å². The molecule has 1 aromatic carbocycles. The molecule has 1 aromatic heterocycles.